The van der Waals surface area contributed by atoms with Crippen molar-refractivity contribution in [2.24, 2.45) is 0 Å². The Bertz CT molecular complexity index is 384. The first kappa shape index (κ1) is 9.09. The van der Waals surface area contributed by atoms with Gasteiger partial charge in [0.1, 0.15) is 5.82 Å². The molecule has 0 aliphatic rings. The summed E-state index contributed by atoms with van der Waals surface area (Å²) in [6, 6.07) is 8.05. The molecule has 0 amide bonds. The number of hydrogen-bond acceptors (Lipinski definition) is 0. The van der Waals surface area contributed by atoms with Gasteiger partial charge < -0.3 is 9.13 Å². The minimum atomic E-state index is 1.09. The van der Waals surface area contributed by atoms with Crippen LogP contribution in [0.1, 0.15) is 6.92 Å². The molecule has 0 atom stereocenters. The quantitative estimate of drug-likeness (QED) is 0.654. The van der Waals surface area contributed by atoms with Crippen LogP contribution >= 0.6 is 0 Å². The first-order valence-corrected chi connectivity index (χ1v) is 4.98. The van der Waals surface area contributed by atoms with Crippen LogP contribution in [0.3, 0.4) is 0 Å². The third-order valence-electron chi connectivity index (χ3n) is 2.03. The van der Waals surface area contributed by atoms with Gasteiger partial charge in [-0.1, -0.05) is 5.20 Å². The molecule has 0 saturated heterocycles. The van der Waals surface area contributed by atoms with Crippen LogP contribution in [-0.4, -0.2) is 19.4 Å². The number of allylic oxidation sites excluding steroid dienone is 1. The maximum absolute atomic E-state index is 3.57. The van der Waals surface area contributed by atoms with E-state index in [2.05, 4.69) is 19.4 Å². The van der Waals surface area contributed by atoms with E-state index in [-0.39, 0.29) is 0 Å². The lowest BCUT2D eigenvalue weighted by molar-refractivity contribution is 0.754. The normalized spacial score (nSPS) is 10.1. The molecule has 2 heterocycles. The monoisotopic (exact) mass is 199 g/mol. The highest BCUT2D eigenvalue weighted by molar-refractivity contribution is 6.21. The lowest BCUT2D eigenvalue weighted by Crippen LogP contribution is -2.10. The summed E-state index contributed by atoms with van der Waals surface area (Å²) in [5, 5.41) is 1.09. The fourth-order valence-electron chi connectivity index (χ4n) is 1.47. The third-order valence-corrected chi connectivity index (χ3v) is 2.26. The van der Waals surface area contributed by atoms with Gasteiger partial charge in [-0.15, -0.1) is 0 Å². The van der Waals surface area contributed by atoms with Crippen molar-refractivity contribution < 1.29 is 0 Å². The lowest BCUT2D eigenvalue weighted by Gasteiger charge is -2.12. The average Bonchev–Trinajstić information content (AvgIpc) is 2.75. The highest BCUT2D eigenvalue weighted by atomic mass is 28.1. The van der Waals surface area contributed by atoms with Gasteiger partial charge in [0.15, 0.2) is 0 Å². The highest BCUT2D eigenvalue weighted by Gasteiger charge is 2.02. The number of aromatic nitrogens is 2. The van der Waals surface area contributed by atoms with Crippen molar-refractivity contribution >= 4 is 10.2 Å². The van der Waals surface area contributed by atoms with Crippen LogP contribution in [0.15, 0.2) is 54.2 Å². The molecule has 2 nitrogen and oxygen atoms in total. The Labute approximate surface area is 86.9 Å². The van der Waals surface area contributed by atoms with E-state index in [1.807, 2.05) is 56.0 Å². The largest absolute Gasteiger partial charge is 0.310 e. The van der Waals surface area contributed by atoms with Crippen LogP contribution < -0.4 is 0 Å². The van der Waals surface area contributed by atoms with E-state index in [1.165, 1.54) is 0 Å². The summed E-state index contributed by atoms with van der Waals surface area (Å²) in [7, 11) is 3.57. The van der Waals surface area contributed by atoms with Crippen LogP contribution in [0, 0.1) is 5.82 Å². The summed E-state index contributed by atoms with van der Waals surface area (Å²) in [4.78, 5) is 0. The predicted octanol–water partition coefficient (Wildman–Crippen LogP) is 1.97. The standard InChI is InChI=1S/C11H11N2Si/c1-10(14)11(12-6-2-3-7-12)13-8-4-5-9-13/h2-9H,1H3. The molecule has 3 radical (unpaired) electrons. The van der Waals surface area contributed by atoms with Gasteiger partial charge in [0.2, 0.25) is 0 Å². The Morgan fingerprint density at radius 1 is 0.857 bits per heavy atom. The molecule has 0 aliphatic carbocycles. The van der Waals surface area contributed by atoms with Crippen molar-refractivity contribution in [3.05, 3.63) is 60.1 Å². The lowest BCUT2D eigenvalue weighted by atomic mass is 10.5. The van der Waals surface area contributed by atoms with E-state index in [4.69, 9.17) is 0 Å². The first-order chi connectivity index (χ1) is 6.79. The van der Waals surface area contributed by atoms with Gasteiger partial charge in [-0.2, -0.15) is 0 Å². The number of nitrogens with zero attached hydrogens (tertiary/aromatic N) is 2. The molecule has 0 N–H and O–H groups in total. The highest BCUT2D eigenvalue weighted by Crippen LogP contribution is 2.07. The van der Waals surface area contributed by atoms with Gasteiger partial charge >= 0.3 is 0 Å². The zero-order valence-corrected chi connectivity index (χ0v) is 9.01. The van der Waals surface area contributed by atoms with Gasteiger partial charge in [0.05, 0.1) is 10.2 Å². The minimum Gasteiger partial charge on any atom is -0.310 e. The molecule has 14 heavy (non-hydrogen) atoms. The molecule has 3 heteroatoms. The zero-order valence-electron chi connectivity index (χ0n) is 8.01. The minimum absolute atomic E-state index is 1.09. The fourth-order valence-corrected chi connectivity index (χ4v) is 1.73. The molecule has 0 aromatic carbocycles. The summed E-state index contributed by atoms with van der Waals surface area (Å²) in [6.07, 6.45) is 8.11. The molecule has 0 spiro atoms. The topological polar surface area (TPSA) is 9.86 Å². The maximum atomic E-state index is 3.57. The Hall–Kier alpha value is -1.48. The van der Waals surface area contributed by atoms with Gasteiger partial charge in [-0.3, -0.25) is 0 Å². The summed E-state index contributed by atoms with van der Waals surface area (Å²) in [5.41, 5.74) is 0. The summed E-state index contributed by atoms with van der Waals surface area (Å²) in [5.74, 6) is 1.11. The summed E-state index contributed by atoms with van der Waals surface area (Å²) < 4.78 is 4.14. The van der Waals surface area contributed by atoms with Gasteiger partial charge in [-0.05, 0) is 31.2 Å². The zero-order chi connectivity index (χ0) is 9.97. The first-order valence-electron chi connectivity index (χ1n) is 4.48. The van der Waals surface area contributed by atoms with Crippen molar-refractivity contribution in [2.45, 2.75) is 6.92 Å². The third kappa shape index (κ3) is 1.58. The van der Waals surface area contributed by atoms with E-state index in [0.29, 0.717) is 0 Å². The van der Waals surface area contributed by atoms with E-state index in [0.717, 1.165) is 11.0 Å². The van der Waals surface area contributed by atoms with Crippen LogP contribution in [0.4, 0.5) is 0 Å². The van der Waals surface area contributed by atoms with Crippen LogP contribution in [0.25, 0.3) is 0 Å². The Kier molecular flexibility index (Phi) is 2.41. The van der Waals surface area contributed by atoms with Crippen molar-refractivity contribution in [3.8, 4) is 0 Å². The molecule has 69 valence electrons. The Balaban J connectivity index is 2.52. The van der Waals surface area contributed by atoms with Gasteiger partial charge in [0.25, 0.3) is 0 Å². The number of hydrogen-bond donors (Lipinski definition) is 0. The van der Waals surface area contributed by atoms with Crippen molar-refractivity contribution in [1.82, 2.24) is 9.13 Å². The van der Waals surface area contributed by atoms with E-state index >= 15 is 0 Å². The molecule has 2 aromatic rings. The predicted molar refractivity (Wildman–Crippen MR) is 57.8 cm³/mol. The average molecular weight is 199 g/mol. The van der Waals surface area contributed by atoms with E-state index in [9.17, 15) is 0 Å². The van der Waals surface area contributed by atoms with Crippen LogP contribution in [0.2, 0.25) is 0 Å². The van der Waals surface area contributed by atoms with E-state index < -0.39 is 0 Å². The molecular formula is C11H11N2Si. The molecular weight excluding hydrogens is 188 g/mol. The van der Waals surface area contributed by atoms with E-state index in [1.54, 1.807) is 0 Å². The summed E-state index contributed by atoms with van der Waals surface area (Å²) >= 11 is 0. The molecule has 0 fully saturated rings. The van der Waals surface area contributed by atoms with Crippen molar-refractivity contribution in [2.75, 3.05) is 0 Å². The molecule has 2 aromatic heterocycles. The molecule has 0 aliphatic heterocycles. The molecule has 2 rings (SSSR count). The maximum Gasteiger partial charge on any atom is 0.114 e. The molecule has 0 saturated carbocycles. The van der Waals surface area contributed by atoms with Crippen LogP contribution in [-0.2, 0) is 0 Å². The molecule has 0 bridgehead atoms. The van der Waals surface area contributed by atoms with Crippen molar-refractivity contribution in [1.29, 1.82) is 0 Å². The SMILES string of the molecule is CC([Si])=C(n1cccc1)n1cccc1. The summed E-state index contributed by atoms with van der Waals surface area (Å²) in [6.45, 7) is 2.03. The second-order valence-electron chi connectivity index (χ2n) is 3.13. The molecule has 0 unspecified atom stereocenters. The second-order valence-corrected chi connectivity index (χ2v) is 3.88. The van der Waals surface area contributed by atoms with Gasteiger partial charge in [-0.25, -0.2) is 0 Å². The smallest absolute Gasteiger partial charge is 0.114 e. The fraction of sp³-hybridized carbons (Fsp3) is 0.0909. The van der Waals surface area contributed by atoms with Gasteiger partial charge in [0, 0.05) is 24.8 Å². The second kappa shape index (κ2) is 3.72. The Morgan fingerprint density at radius 2 is 1.21 bits per heavy atom. The Morgan fingerprint density at radius 3 is 1.50 bits per heavy atom. The number of rotatable bonds is 2. The van der Waals surface area contributed by atoms with Crippen LogP contribution in [0.5, 0.6) is 0 Å². The van der Waals surface area contributed by atoms with Crippen molar-refractivity contribution in [3.63, 3.8) is 0 Å².